The monoisotopic (exact) mass is 313 g/mol. The van der Waals surface area contributed by atoms with Crippen LogP contribution in [0.4, 0.5) is 4.39 Å². The van der Waals surface area contributed by atoms with Gasteiger partial charge in [-0.1, -0.05) is 36.4 Å². The number of nitrogens with zero attached hydrogens (tertiary/aromatic N) is 1. The molecule has 3 heteroatoms. The Balaban J connectivity index is 1.48. The first-order valence-electron chi connectivity index (χ1n) is 8.42. The van der Waals surface area contributed by atoms with Crippen LogP contribution in [0.25, 0.3) is 0 Å². The molecule has 0 aliphatic carbocycles. The molecule has 2 nitrogen and oxygen atoms in total. The summed E-state index contributed by atoms with van der Waals surface area (Å²) in [6, 6.07) is 15.5. The molecular formula is C20H24FNO. The van der Waals surface area contributed by atoms with Gasteiger partial charge in [0.2, 0.25) is 0 Å². The normalized spacial score (nSPS) is 16.6. The number of benzene rings is 2. The van der Waals surface area contributed by atoms with Crippen LogP contribution in [0.1, 0.15) is 23.1 Å². The molecule has 122 valence electrons. The van der Waals surface area contributed by atoms with E-state index in [0.29, 0.717) is 18.6 Å². The highest BCUT2D eigenvalue weighted by Gasteiger charge is 2.16. The van der Waals surface area contributed by atoms with Crippen LogP contribution in [0.2, 0.25) is 0 Å². The number of phenols is 1. The van der Waals surface area contributed by atoms with E-state index in [0.717, 1.165) is 38.0 Å². The van der Waals surface area contributed by atoms with Crippen LogP contribution in [-0.4, -0.2) is 35.8 Å². The summed E-state index contributed by atoms with van der Waals surface area (Å²) in [6.07, 6.45) is 2.20. The summed E-state index contributed by atoms with van der Waals surface area (Å²) in [5.74, 6) is 0.337. The lowest BCUT2D eigenvalue weighted by molar-refractivity contribution is 0.229. The van der Waals surface area contributed by atoms with Crippen LogP contribution in [0.15, 0.2) is 48.5 Å². The van der Waals surface area contributed by atoms with Gasteiger partial charge >= 0.3 is 0 Å². The molecule has 1 heterocycles. The largest absolute Gasteiger partial charge is 0.508 e. The maximum Gasteiger partial charge on any atom is 0.115 e. The summed E-state index contributed by atoms with van der Waals surface area (Å²) in [5, 5.41) is 9.60. The molecule has 0 saturated carbocycles. The van der Waals surface area contributed by atoms with Crippen molar-refractivity contribution in [2.75, 3.05) is 19.6 Å². The lowest BCUT2D eigenvalue weighted by Crippen LogP contribution is -2.29. The third-order valence-corrected chi connectivity index (χ3v) is 4.64. The zero-order valence-electron chi connectivity index (χ0n) is 13.4. The molecular weight excluding hydrogens is 289 g/mol. The summed E-state index contributed by atoms with van der Waals surface area (Å²) in [6.45, 7) is 2.71. The summed E-state index contributed by atoms with van der Waals surface area (Å²) < 4.78 is 14.2. The van der Waals surface area contributed by atoms with Crippen molar-refractivity contribution in [1.29, 1.82) is 0 Å². The Labute approximate surface area is 137 Å². The number of rotatable bonds is 5. The van der Waals surface area contributed by atoms with Crippen LogP contribution in [0, 0.1) is 0 Å². The van der Waals surface area contributed by atoms with Gasteiger partial charge in [-0.25, -0.2) is 4.39 Å². The molecule has 1 aliphatic rings. The van der Waals surface area contributed by atoms with Crippen LogP contribution in [-0.2, 0) is 19.3 Å². The number of alkyl halides is 1. The Bertz CT molecular complexity index is 629. The summed E-state index contributed by atoms with van der Waals surface area (Å²) in [7, 11) is 0. The summed E-state index contributed by atoms with van der Waals surface area (Å²) in [5.41, 5.74) is 3.61. The molecule has 0 radical (unpaired) electrons. The summed E-state index contributed by atoms with van der Waals surface area (Å²) in [4.78, 5) is 2.34. The minimum absolute atomic E-state index is 0.337. The number of fused-ring (bicyclic) bond motifs is 1. The SMILES string of the molecule is Oc1ccc2c(c1)CCN(CCC(F)Cc1ccccc1)CC2. The van der Waals surface area contributed by atoms with Crippen molar-refractivity contribution in [2.24, 2.45) is 0 Å². The van der Waals surface area contributed by atoms with E-state index < -0.39 is 6.17 Å². The number of halogens is 1. The number of phenolic OH excluding ortho intramolecular Hbond substituents is 1. The van der Waals surface area contributed by atoms with Gasteiger partial charge in [0, 0.05) is 26.1 Å². The fourth-order valence-electron chi connectivity index (χ4n) is 3.28. The fourth-order valence-corrected chi connectivity index (χ4v) is 3.28. The molecule has 1 N–H and O–H groups in total. The minimum Gasteiger partial charge on any atom is -0.508 e. The standard InChI is InChI=1S/C20H24FNO/c21-19(14-16-4-2-1-3-5-16)10-13-22-11-8-17-6-7-20(23)15-18(17)9-12-22/h1-7,15,19,23H,8-14H2. The smallest absolute Gasteiger partial charge is 0.115 e. The van der Waals surface area contributed by atoms with Crippen molar-refractivity contribution in [2.45, 2.75) is 31.9 Å². The van der Waals surface area contributed by atoms with E-state index in [1.54, 1.807) is 6.07 Å². The molecule has 2 aromatic carbocycles. The van der Waals surface area contributed by atoms with E-state index in [1.807, 2.05) is 42.5 Å². The van der Waals surface area contributed by atoms with Crippen LogP contribution in [0.5, 0.6) is 5.75 Å². The molecule has 1 atom stereocenters. The lowest BCUT2D eigenvalue weighted by atomic mass is 10.0. The minimum atomic E-state index is -0.785. The molecule has 0 amide bonds. The van der Waals surface area contributed by atoms with Gasteiger partial charge in [-0.2, -0.15) is 0 Å². The van der Waals surface area contributed by atoms with E-state index in [9.17, 15) is 9.50 Å². The van der Waals surface area contributed by atoms with Gasteiger partial charge in [-0.3, -0.25) is 0 Å². The van der Waals surface area contributed by atoms with E-state index in [4.69, 9.17) is 0 Å². The second kappa shape index (κ2) is 7.60. The number of aromatic hydroxyl groups is 1. The second-order valence-corrected chi connectivity index (χ2v) is 6.37. The highest BCUT2D eigenvalue weighted by molar-refractivity contribution is 5.36. The average Bonchev–Trinajstić information content (AvgIpc) is 2.76. The maximum atomic E-state index is 14.2. The molecule has 1 aliphatic heterocycles. The van der Waals surface area contributed by atoms with Gasteiger partial charge in [0.25, 0.3) is 0 Å². The molecule has 0 spiro atoms. The fraction of sp³-hybridized carbons (Fsp3) is 0.400. The van der Waals surface area contributed by atoms with E-state index in [2.05, 4.69) is 4.90 Å². The van der Waals surface area contributed by atoms with Gasteiger partial charge in [0.15, 0.2) is 0 Å². The van der Waals surface area contributed by atoms with Crippen LogP contribution in [0.3, 0.4) is 0 Å². The highest BCUT2D eigenvalue weighted by Crippen LogP contribution is 2.21. The van der Waals surface area contributed by atoms with Crippen molar-refractivity contribution < 1.29 is 9.50 Å². The van der Waals surface area contributed by atoms with E-state index >= 15 is 0 Å². The molecule has 23 heavy (non-hydrogen) atoms. The van der Waals surface area contributed by atoms with Crippen LogP contribution < -0.4 is 0 Å². The van der Waals surface area contributed by atoms with E-state index in [1.165, 1.54) is 11.1 Å². The first-order chi connectivity index (χ1) is 11.2. The van der Waals surface area contributed by atoms with Crippen molar-refractivity contribution in [3.63, 3.8) is 0 Å². The zero-order valence-corrected chi connectivity index (χ0v) is 13.4. The van der Waals surface area contributed by atoms with Crippen LogP contribution >= 0.6 is 0 Å². The third kappa shape index (κ3) is 4.55. The lowest BCUT2D eigenvalue weighted by Gasteiger charge is -2.20. The van der Waals surface area contributed by atoms with Gasteiger partial charge in [-0.05, 0) is 48.1 Å². The third-order valence-electron chi connectivity index (χ3n) is 4.64. The molecule has 2 aromatic rings. The summed E-state index contributed by atoms with van der Waals surface area (Å²) >= 11 is 0. The van der Waals surface area contributed by atoms with E-state index in [-0.39, 0.29) is 0 Å². The van der Waals surface area contributed by atoms with Gasteiger partial charge in [-0.15, -0.1) is 0 Å². The molecule has 1 unspecified atom stereocenters. The molecule has 0 saturated heterocycles. The Kier molecular flexibility index (Phi) is 5.29. The highest BCUT2D eigenvalue weighted by atomic mass is 19.1. The van der Waals surface area contributed by atoms with Gasteiger partial charge in [0.1, 0.15) is 11.9 Å². The molecule has 0 aromatic heterocycles. The number of hydrogen-bond donors (Lipinski definition) is 1. The topological polar surface area (TPSA) is 23.5 Å². The van der Waals surface area contributed by atoms with Crippen molar-refractivity contribution in [1.82, 2.24) is 4.90 Å². The quantitative estimate of drug-likeness (QED) is 0.908. The molecule has 0 fully saturated rings. The molecule has 3 rings (SSSR count). The van der Waals surface area contributed by atoms with Gasteiger partial charge < -0.3 is 10.0 Å². The first-order valence-corrected chi connectivity index (χ1v) is 8.42. The Morgan fingerprint density at radius 2 is 1.74 bits per heavy atom. The van der Waals surface area contributed by atoms with Crippen molar-refractivity contribution in [3.05, 3.63) is 65.2 Å². The first kappa shape index (κ1) is 16.0. The van der Waals surface area contributed by atoms with Gasteiger partial charge in [0.05, 0.1) is 0 Å². The number of hydrogen-bond acceptors (Lipinski definition) is 2. The predicted molar refractivity (Wildman–Crippen MR) is 91.6 cm³/mol. The Hall–Kier alpha value is -1.87. The molecule has 0 bridgehead atoms. The maximum absolute atomic E-state index is 14.2. The second-order valence-electron chi connectivity index (χ2n) is 6.37. The van der Waals surface area contributed by atoms with Crippen molar-refractivity contribution >= 4 is 0 Å². The average molecular weight is 313 g/mol. The zero-order chi connectivity index (χ0) is 16.1. The Morgan fingerprint density at radius 3 is 2.52 bits per heavy atom. The Morgan fingerprint density at radius 1 is 1.00 bits per heavy atom. The predicted octanol–water partition coefficient (Wildman–Crippen LogP) is 3.76. The van der Waals surface area contributed by atoms with Crippen molar-refractivity contribution in [3.8, 4) is 5.75 Å².